The Bertz CT molecular complexity index is 1250. The standard InChI is InChI=1S/C27H23NS/c1-28(23-14-11-21(12-15-23)17-20-7-3-2-4-8-20)19-22-13-16-25-24-9-5-6-10-26(24)29-27(25)18-22/h2-16,18H,17,19H2,1H3. The van der Waals surface area contributed by atoms with Crippen molar-refractivity contribution in [1.29, 1.82) is 0 Å². The first-order chi connectivity index (χ1) is 14.3. The molecule has 0 fully saturated rings. The summed E-state index contributed by atoms with van der Waals surface area (Å²) in [6.07, 6.45) is 0.980. The van der Waals surface area contributed by atoms with Gasteiger partial charge in [-0.05, 0) is 47.4 Å². The molecule has 0 radical (unpaired) electrons. The van der Waals surface area contributed by atoms with Crippen LogP contribution in [0.15, 0.2) is 97.1 Å². The fourth-order valence-electron chi connectivity index (χ4n) is 3.93. The van der Waals surface area contributed by atoms with Gasteiger partial charge in [0.15, 0.2) is 0 Å². The van der Waals surface area contributed by atoms with Crippen molar-refractivity contribution in [2.24, 2.45) is 0 Å². The van der Waals surface area contributed by atoms with E-state index in [0.29, 0.717) is 0 Å². The summed E-state index contributed by atoms with van der Waals surface area (Å²) in [4.78, 5) is 2.32. The van der Waals surface area contributed by atoms with E-state index in [1.165, 1.54) is 42.6 Å². The molecule has 0 amide bonds. The van der Waals surface area contributed by atoms with Gasteiger partial charge in [0.25, 0.3) is 0 Å². The molecule has 1 aromatic heterocycles. The molecule has 0 aliphatic rings. The molecule has 5 aromatic rings. The van der Waals surface area contributed by atoms with Crippen LogP contribution in [-0.2, 0) is 13.0 Å². The van der Waals surface area contributed by atoms with Gasteiger partial charge in [-0.25, -0.2) is 0 Å². The SMILES string of the molecule is CN(Cc1ccc2c(c1)sc1ccccc12)c1ccc(Cc2ccccc2)cc1. The Balaban J connectivity index is 1.33. The van der Waals surface area contributed by atoms with Crippen LogP contribution in [0.4, 0.5) is 5.69 Å². The predicted molar refractivity (Wildman–Crippen MR) is 127 cm³/mol. The zero-order valence-corrected chi connectivity index (χ0v) is 17.3. The number of rotatable bonds is 5. The quantitative estimate of drug-likeness (QED) is 0.303. The number of hydrogen-bond acceptors (Lipinski definition) is 2. The largest absolute Gasteiger partial charge is 0.370 e. The van der Waals surface area contributed by atoms with Crippen LogP contribution < -0.4 is 4.90 Å². The third-order valence-corrected chi connectivity index (χ3v) is 6.62. The highest BCUT2D eigenvalue weighted by Crippen LogP contribution is 2.34. The van der Waals surface area contributed by atoms with Crippen molar-refractivity contribution in [2.45, 2.75) is 13.0 Å². The van der Waals surface area contributed by atoms with E-state index >= 15 is 0 Å². The minimum absolute atomic E-state index is 0.905. The van der Waals surface area contributed by atoms with Gasteiger partial charge >= 0.3 is 0 Å². The molecule has 0 unspecified atom stereocenters. The zero-order chi connectivity index (χ0) is 19.6. The minimum atomic E-state index is 0.905. The van der Waals surface area contributed by atoms with Gasteiger partial charge < -0.3 is 4.90 Å². The summed E-state index contributed by atoms with van der Waals surface area (Å²) in [5.41, 5.74) is 5.29. The number of nitrogens with zero attached hydrogens (tertiary/aromatic N) is 1. The normalized spacial score (nSPS) is 11.2. The Kier molecular flexibility index (Phi) is 4.79. The molecular formula is C27H23NS. The molecule has 0 bridgehead atoms. The second-order valence-corrected chi connectivity index (χ2v) is 8.70. The van der Waals surface area contributed by atoms with E-state index in [2.05, 4.69) is 109 Å². The average Bonchev–Trinajstić information content (AvgIpc) is 3.13. The maximum absolute atomic E-state index is 2.35. The van der Waals surface area contributed by atoms with Crippen molar-refractivity contribution in [2.75, 3.05) is 11.9 Å². The summed E-state index contributed by atoms with van der Waals surface area (Å²) >= 11 is 1.88. The molecule has 142 valence electrons. The van der Waals surface area contributed by atoms with E-state index in [0.717, 1.165) is 13.0 Å². The highest BCUT2D eigenvalue weighted by Gasteiger charge is 2.07. The molecule has 0 saturated carbocycles. The molecule has 29 heavy (non-hydrogen) atoms. The molecule has 1 heterocycles. The van der Waals surface area contributed by atoms with Gasteiger partial charge in [0.05, 0.1) is 0 Å². The lowest BCUT2D eigenvalue weighted by Crippen LogP contribution is -2.16. The molecule has 0 aliphatic carbocycles. The maximum atomic E-state index is 2.35. The van der Waals surface area contributed by atoms with Crippen molar-refractivity contribution in [3.63, 3.8) is 0 Å². The topological polar surface area (TPSA) is 3.24 Å². The van der Waals surface area contributed by atoms with Crippen LogP contribution in [-0.4, -0.2) is 7.05 Å². The van der Waals surface area contributed by atoms with Crippen LogP contribution in [0.25, 0.3) is 20.2 Å². The van der Waals surface area contributed by atoms with E-state index in [9.17, 15) is 0 Å². The lowest BCUT2D eigenvalue weighted by molar-refractivity contribution is 0.924. The van der Waals surface area contributed by atoms with Gasteiger partial charge in [-0.2, -0.15) is 0 Å². The van der Waals surface area contributed by atoms with Crippen LogP contribution >= 0.6 is 11.3 Å². The lowest BCUT2D eigenvalue weighted by Gasteiger charge is -2.20. The molecule has 4 aromatic carbocycles. The van der Waals surface area contributed by atoms with Crippen LogP contribution in [0.3, 0.4) is 0 Å². The molecule has 5 rings (SSSR count). The van der Waals surface area contributed by atoms with E-state index in [-0.39, 0.29) is 0 Å². The molecule has 0 atom stereocenters. The maximum Gasteiger partial charge on any atom is 0.0426 e. The van der Waals surface area contributed by atoms with Crippen LogP contribution in [0.1, 0.15) is 16.7 Å². The third kappa shape index (κ3) is 3.76. The fourth-order valence-corrected chi connectivity index (χ4v) is 5.10. The summed E-state index contributed by atoms with van der Waals surface area (Å²) < 4.78 is 2.73. The summed E-state index contributed by atoms with van der Waals surface area (Å²) in [5, 5.41) is 2.73. The Hall–Kier alpha value is -3.10. The molecule has 0 N–H and O–H groups in total. The van der Waals surface area contributed by atoms with E-state index < -0.39 is 0 Å². The predicted octanol–water partition coefficient (Wildman–Crippen LogP) is 7.28. The van der Waals surface area contributed by atoms with Gasteiger partial charge in [-0.15, -0.1) is 11.3 Å². The van der Waals surface area contributed by atoms with Crippen LogP contribution in [0.2, 0.25) is 0 Å². The number of thiophene rings is 1. The van der Waals surface area contributed by atoms with Gasteiger partial charge in [-0.3, -0.25) is 0 Å². The number of anilines is 1. The number of hydrogen-bond donors (Lipinski definition) is 0. The van der Waals surface area contributed by atoms with Gasteiger partial charge in [-0.1, -0.05) is 72.8 Å². The number of benzene rings is 4. The monoisotopic (exact) mass is 393 g/mol. The fraction of sp³-hybridized carbons (Fsp3) is 0.111. The average molecular weight is 394 g/mol. The Morgan fingerprint density at radius 3 is 2.10 bits per heavy atom. The second kappa shape index (κ2) is 7.73. The van der Waals surface area contributed by atoms with Gasteiger partial charge in [0.2, 0.25) is 0 Å². The van der Waals surface area contributed by atoms with Crippen molar-refractivity contribution < 1.29 is 0 Å². The molecule has 0 spiro atoms. The third-order valence-electron chi connectivity index (χ3n) is 5.49. The van der Waals surface area contributed by atoms with Gasteiger partial charge in [0, 0.05) is 39.5 Å². The highest BCUT2D eigenvalue weighted by molar-refractivity contribution is 7.25. The Morgan fingerprint density at radius 1 is 0.621 bits per heavy atom. The zero-order valence-electron chi connectivity index (χ0n) is 16.5. The Labute approximate surface area is 175 Å². The Morgan fingerprint density at radius 2 is 1.28 bits per heavy atom. The first-order valence-corrected chi connectivity index (χ1v) is 10.8. The van der Waals surface area contributed by atoms with Crippen LogP contribution in [0.5, 0.6) is 0 Å². The van der Waals surface area contributed by atoms with Crippen molar-refractivity contribution >= 4 is 37.2 Å². The summed E-state index contributed by atoms with van der Waals surface area (Å²) in [6, 6.07) is 35.2. The molecule has 0 aliphatic heterocycles. The molecular weight excluding hydrogens is 370 g/mol. The van der Waals surface area contributed by atoms with Gasteiger partial charge in [0.1, 0.15) is 0 Å². The smallest absolute Gasteiger partial charge is 0.0426 e. The molecule has 1 nitrogen and oxygen atoms in total. The van der Waals surface area contributed by atoms with E-state index in [1.807, 2.05) is 11.3 Å². The number of fused-ring (bicyclic) bond motifs is 3. The second-order valence-electron chi connectivity index (χ2n) is 7.61. The lowest BCUT2D eigenvalue weighted by atomic mass is 10.0. The van der Waals surface area contributed by atoms with Crippen molar-refractivity contribution in [3.8, 4) is 0 Å². The molecule has 2 heteroatoms. The first kappa shape index (κ1) is 18.0. The first-order valence-electron chi connectivity index (χ1n) is 10.0. The minimum Gasteiger partial charge on any atom is -0.370 e. The van der Waals surface area contributed by atoms with Crippen LogP contribution in [0, 0.1) is 0 Å². The summed E-state index contributed by atoms with van der Waals surface area (Å²) in [5.74, 6) is 0. The van der Waals surface area contributed by atoms with E-state index in [1.54, 1.807) is 0 Å². The molecule has 0 saturated heterocycles. The highest BCUT2D eigenvalue weighted by atomic mass is 32.1. The summed E-state index contributed by atoms with van der Waals surface area (Å²) in [6.45, 7) is 0.905. The van der Waals surface area contributed by atoms with Crippen molar-refractivity contribution in [1.82, 2.24) is 0 Å². The summed E-state index contributed by atoms with van der Waals surface area (Å²) in [7, 11) is 2.17. The van der Waals surface area contributed by atoms with Crippen molar-refractivity contribution in [3.05, 3.63) is 114 Å². The van der Waals surface area contributed by atoms with E-state index in [4.69, 9.17) is 0 Å².